The Balaban J connectivity index is 1.92. The number of anilines is 1. The molecule has 0 fully saturated rings. The lowest BCUT2D eigenvalue weighted by molar-refractivity contribution is -0.135. The van der Waals surface area contributed by atoms with Crippen molar-refractivity contribution in [3.05, 3.63) is 64.2 Å². The van der Waals surface area contributed by atoms with Gasteiger partial charge in [-0.1, -0.05) is 41.9 Å². The second-order valence-corrected chi connectivity index (χ2v) is 7.45. The summed E-state index contributed by atoms with van der Waals surface area (Å²) in [5.41, 5.74) is 3.98. The van der Waals surface area contributed by atoms with E-state index in [-0.39, 0.29) is 24.9 Å². The van der Waals surface area contributed by atoms with Crippen molar-refractivity contribution in [2.75, 3.05) is 32.0 Å². The van der Waals surface area contributed by atoms with Crippen molar-refractivity contribution in [3.63, 3.8) is 0 Å². The van der Waals surface area contributed by atoms with Gasteiger partial charge in [0.15, 0.2) is 0 Å². The maximum atomic E-state index is 12.7. The Kier molecular flexibility index (Phi) is 8.03. The molecule has 0 aliphatic carbocycles. The van der Waals surface area contributed by atoms with Crippen molar-refractivity contribution >= 4 is 29.1 Å². The van der Waals surface area contributed by atoms with Gasteiger partial charge >= 0.3 is 0 Å². The minimum Gasteiger partial charge on any atom is -0.333 e. The number of carbonyl (C=O) groups excluding carboxylic acids is 2. The van der Waals surface area contributed by atoms with Crippen LogP contribution in [-0.4, -0.2) is 48.3 Å². The van der Waals surface area contributed by atoms with Gasteiger partial charge in [0.1, 0.15) is 0 Å². The lowest BCUT2D eigenvalue weighted by atomic mass is 10.1. The Morgan fingerprint density at radius 3 is 2.43 bits per heavy atom. The first kappa shape index (κ1) is 21.9. The number of halogens is 1. The number of nitrogens with one attached hydrogen (secondary N) is 1. The highest BCUT2D eigenvalue weighted by molar-refractivity contribution is 6.31. The molecular formula is C22H28ClN3O2. The first-order chi connectivity index (χ1) is 13.3. The van der Waals surface area contributed by atoms with E-state index >= 15 is 0 Å². The molecule has 0 aromatic heterocycles. The molecule has 0 aliphatic rings. The van der Waals surface area contributed by atoms with Gasteiger partial charge in [0, 0.05) is 23.8 Å². The summed E-state index contributed by atoms with van der Waals surface area (Å²) in [5, 5.41) is 3.40. The van der Waals surface area contributed by atoms with Crippen LogP contribution in [0.5, 0.6) is 0 Å². The molecule has 0 aliphatic heterocycles. The van der Waals surface area contributed by atoms with Crippen LogP contribution in [0.4, 0.5) is 5.69 Å². The maximum Gasteiger partial charge on any atom is 0.244 e. The van der Waals surface area contributed by atoms with Crippen LogP contribution < -0.4 is 5.32 Å². The van der Waals surface area contributed by atoms with E-state index in [9.17, 15) is 9.59 Å². The smallest absolute Gasteiger partial charge is 0.244 e. The molecule has 0 radical (unpaired) electrons. The van der Waals surface area contributed by atoms with Gasteiger partial charge in [0.2, 0.25) is 11.8 Å². The summed E-state index contributed by atoms with van der Waals surface area (Å²) in [7, 11) is 1.91. The zero-order chi connectivity index (χ0) is 20.7. The third kappa shape index (κ3) is 6.36. The predicted molar refractivity (Wildman–Crippen MR) is 115 cm³/mol. The molecule has 28 heavy (non-hydrogen) atoms. The van der Waals surface area contributed by atoms with Crippen molar-refractivity contribution < 1.29 is 9.59 Å². The van der Waals surface area contributed by atoms with Crippen LogP contribution in [0.2, 0.25) is 5.02 Å². The van der Waals surface area contributed by atoms with Gasteiger partial charge in [-0.3, -0.25) is 14.5 Å². The van der Waals surface area contributed by atoms with Crippen LogP contribution in [0.1, 0.15) is 23.6 Å². The van der Waals surface area contributed by atoms with Crippen LogP contribution in [0, 0.1) is 13.8 Å². The first-order valence-electron chi connectivity index (χ1n) is 9.37. The summed E-state index contributed by atoms with van der Waals surface area (Å²) < 4.78 is 0. The maximum absolute atomic E-state index is 12.7. The van der Waals surface area contributed by atoms with Crippen molar-refractivity contribution in [1.82, 2.24) is 9.80 Å². The Morgan fingerprint density at radius 1 is 1.04 bits per heavy atom. The van der Waals surface area contributed by atoms with Crippen molar-refractivity contribution in [3.8, 4) is 0 Å². The fourth-order valence-electron chi connectivity index (χ4n) is 2.93. The summed E-state index contributed by atoms with van der Waals surface area (Å²) in [4.78, 5) is 28.6. The molecule has 2 aromatic carbocycles. The van der Waals surface area contributed by atoms with Crippen molar-refractivity contribution in [1.29, 1.82) is 0 Å². The van der Waals surface area contributed by atoms with Gasteiger partial charge < -0.3 is 10.2 Å². The Bertz CT molecular complexity index is 838. The van der Waals surface area contributed by atoms with Gasteiger partial charge in [-0.2, -0.15) is 0 Å². The Hall–Kier alpha value is -2.37. The molecule has 0 saturated carbocycles. The normalized spacial score (nSPS) is 10.8. The zero-order valence-corrected chi connectivity index (χ0v) is 17.7. The molecule has 0 saturated heterocycles. The summed E-state index contributed by atoms with van der Waals surface area (Å²) in [6, 6.07) is 13.5. The highest BCUT2D eigenvalue weighted by Crippen LogP contribution is 2.20. The molecule has 6 heteroatoms. The molecule has 0 atom stereocenters. The largest absolute Gasteiger partial charge is 0.333 e. The molecule has 5 nitrogen and oxygen atoms in total. The fourth-order valence-corrected chi connectivity index (χ4v) is 3.11. The van der Waals surface area contributed by atoms with Crippen LogP contribution in [-0.2, 0) is 16.1 Å². The SMILES string of the molecule is CCN(CC(=O)Nc1cc(Cl)ccc1C)C(=O)CN(C)Cc1ccccc1C. The van der Waals surface area contributed by atoms with E-state index in [1.807, 2.05) is 44.0 Å². The van der Waals surface area contributed by atoms with Gasteiger partial charge in [0.25, 0.3) is 0 Å². The fraction of sp³-hybridized carbons (Fsp3) is 0.364. The summed E-state index contributed by atoms with van der Waals surface area (Å²) in [5.74, 6) is -0.307. The molecule has 2 rings (SSSR count). The molecule has 0 bridgehead atoms. The third-order valence-corrected chi connectivity index (χ3v) is 4.88. The van der Waals surface area contributed by atoms with E-state index in [2.05, 4.69) is 24.4 Å². The molecule has 0 spiro atoms. The number of carbonyl (C=O) groups is 2. The van der Waals surface area contributed by atoms with Crippen molar-refractivity contribution in [2.24, 2.45) is 0 Å². The average Bonchev–Trinajstić information content (AvgIpc) is 2.64. The third-order valence-electron chi connectivity index (χ3n) is 4.65. The van der Waals surface area contributed by atoms with Gasteiger partial charge in [0.05, 0.1) is 13.1 Å². The van der Waals surface area contributed by atoms with Gasteiger partial charge in [-0.25, -0.2) is 0 Å². The number of likely N-dealkylation sites (N-methyl/N-ethyl adjacent to an activating group) is 2. The van der Waals surface area contributed by atoms with E-state index in [4.69, 9.17) is 11.6 Å². The van der Waals surface area contributed by atoms with E-state index in [1.165, 1.54) is 11.1 Å². The standard InChI is InChI=1S/C22H28ClN3O2/c1-5-26(14-21(27)24-20-12-19(23)11-10-17(20)3)22(28)15-25(4)13-18-9-7-6-8-16(18)2/h6-12H,5,13-15H2,1-4H3,(H,24,27). The monoisotopic (exact) mass is 401 g/mol. The van der Waals surface area contributed by atoms with Gasteiger partial charge in [-0.05, 0) is 56.6 Å². The Labute approximate surface area is 172 Å². The van der Waals surface area contributed by atoms with Crippen LogP contribution in [0.25, 0.3) is 0 Å². The molecule has 0 heterocycles. The van der Waals surface area contributed by atoms with Gasteiger partial charge in [-0.15, -0.1) is 0 Å². The molecule has 2 amide bonds. The summed E-state index contributed by atoms with van der Waals surface area (Å²) >= 11 is 6.00. The van der Waals surface area contributed by atoms with E-state index in [0.29, 0.717) is 23.8 Å². The minimum absolute atomic E-state index is 0.0134. The average molecular weight is 402 g/mol. The number of benzene rings is 2. The molecule has 2 aromatic rings. The number of hydrogen-bond donors (Lipinski definition) is 1. The lowest BCUT2D eigenvalue weighted by Gasteiger charge is -2.24. The number of hydrogen-bond acceptors (Lipinski definition) is 3. The topological polar surface area (TPSA) is 52.7 Å². The highest BCUT2D eigenvalue weighted by Gasteiger charge is 2.18. The Morgan fingerprint density at radius 2 is 1.75 bits per heavy atom. The second kappa shape index (κ2) is 10.2. The number of nitrogens with zero attached hydrogens (tertiary/aromatic N) is 2. The molecular weight excluding hydrogens is 374 g/mol. The molecule has 0 unspecified atom stereocenters. The number of rotatable bonds is 8. The summed E-state index contributed by atoms with van der Waals surface area (Å²) in [6.45, 7) is 7.26. The lowest BCUT2D eigenvalue weighted by Crippen LogP contribution is -2.42. The quantitative estimate of drug-likeness (QED) is 0.730. The number of aryl methyl sites for hydroxylation is 2. The number of amides is 2. The minimum atomic E-state index is -0.234. The van der Waals surface area contributed by atoms with Crippen LogP contribution >= 0.6 is 11.6 Å². The van der Waals surface area contributed by atoms with Crippen LogP contribution in [0.15, 0.2) is 42.5 Å². The summed E-state index contributed by atoms with van der Waals surface area (Å²) in [6.07, 6.45) is 0. The first-order valence-corrected chi connectivity index (χ1v) is 9.74. The van der Waals surface area contributed by atoms with Crippen molar-refractivity contribution in [2.45, 2.75) is 27.3 Å². The van der Waals surface area contributed by atoms with E-state index in [0.717, 1.165) is 5.56 Å². The predicted octanol–water partition coefficient (Wildman–Crippen LogP) is 3.88. The van der Waals surface area contributed by atoms with E-state index < -0.39 is 0 Å². The second-order valence-electron chi connectivity index (χ2n) is 7.01. The van der Waals surface area contributed by atoms with Crippen LogP contribution in [0.3, 0.4) is 0 Å². The van der Waals surface area contributed by atoms with E-state index in [1.54, 1.807) is 17.0 Å². The zero-order valence-electron chi connectivity index (χ0n) is 17.0. The highest BCUT2D eigenvalue weighted by atomic mass is 35.5. The molecule has 150 valence electrons. The molecule has 1 N–H and O–H groups in total.